The fourth-order valence-electron chi connectivity index (χ4n) is 1.70. The van der Waals surface area contributed by atoms with Gasteiger partial charge in [0, 0.05) is 18.8 Å². The summed E-state index contributed by atoms with van der Waals surface area (Å²) in [5.74, 6) is 0.0974. The van der Waals surface area contributed by atoms with Gasteiger partial charge in [-0.3, -0.25) is 4.79 Å². The van der Waals surface area contributed by atoms with E-state index < -0.39 is 10.0 Å². The summed E-state index contributed by atoms with van der Waals surface area (Å²) in [6, 6.07) is 5.02. The quantitative estimate of drug-likeness (QED) is 0.473. The van der Waals surface area contributed by atoms with E-state index in [0.29, 0.717) is 36.6 Å². The van der Waals surface area contributed by atoms with Crippen LogP contribution in [0.5, 0.6) is 5.75 Å². The fourth-order valence-corrected chi connectivity index (χ4v) is 2.22. The van der Waals surface area contributed by atoms with Gasteiger partial charge in [-0.2, -0.15) is 0 Å². The number of ether oxygens (including phenoxy) is 1. The number of amides is 1. The molecule has 0 spiro atoms. The molecule has 0 fully saturated rings. The number of rotatable bonds is 8. The molecule has 0 saturated heterocycles. The van der Waals surface area contributed by atoms with Gasteiger partial charge in [0.25, 0.3) is 5.91 Å². The first-order chi connectivity index (χ1) is 9.85. The fraction of sp³-hybridized carbons (Fsp3) is 0.462. The molecule has 0 heterocycles. The van der Waals surface area contributed by atoms with Crippen molar-refractivity contribution in [2.24, 2.45) is 0 Å². The molecule has 0 saturated carbocycles. The SMILES string of the molecule is CCOc1cccc(N)c1C(=O)NCCCNS(C)(=O)=O. The summed E-state index contributed by atoms with van der Waals surface area (Å²) < 4.78 is 29.5. The first-order valence-electron chi connectivity index (χ1n) is 6.59. The van der Waals surface area contributed by atoms with Crippen LogP contribution in [-0.4, -0.2) is 40.3 Å². The van der Waals surface area contributed by atoms with Gasteiger partial charge >= 0.3 is 0 Å². The number of hydrogen-bond donors (Lipinski definition) is 3. The van der Waals surface area contributed by atoms with E-state index in [0.717, 1.165) is 6.26 Å². The van der Waals surface area contributed by atoms with Crippen LogP contribution in [0.1, 0.15) is 23.7 Å². The van der Waals surface area contributed by atoms with E-state index >= 15 is 0 Å². The minimum Gasteiger partial charge on any atom is -0.493 e. The van der Waals surface area contributed by atoms with Crippen LogP contribution in [0, 0.1) is 0 Å². The highest BCUT2D eigenvalue weighted by atomic mass is 32.2. The molecule has 0 radical (unpaired) electrons. The van der Waals surface area contributed by atoms with Crippen molar-refractivity contribution in [1.82, 2.24) is 10.0 Å². The van der Waals surface area contributed by atoms with E-state index in [1.54, 1.807) is 18.2 Å². The van der Waals surface area contributed by atoms with Gasteiger partial charge in [0.1, 0.15) is 11.3 Å². The van der Waals surface area contributed by atoms with E-state index in [2.05, 4.69) is 10.0 Å². The van der Waals surface area contributed by atoms with Crippen molar-refractivity contribution in [3.63, 3.8) is 0 Å². The Hall–Kier alpha value is -1.80. The van der Waals surface area contributed by atoms with Crippen LogP contribution in [0.2, 0.25) is 0 Å². The van der Waals surface area contributed by atoms with Crippen LogP contribution < -0.4 is 20.5 Å². The largest absolute Gasteiger partial charge is 0.493 e. The molecule has 1 amide bonds. The Morgan fingerprint density at radius 2 is 2.05 bits per heavy atom. The number of sulfonamides is 1. The Balaban J connectivity index is 2.56. The molecule has 4 N–H and O–H groups in total. The molecule has 118 valence electrons. The molecule has 0 aliphatic rings. The van der Waals surface area contributed by atoms with Gasteiger partial charge in [-0.15, -0.1) is 0 Å². The zero-order valence-electron chi connectivity index (χ0n) is 12.2. The third kappa shape index (κ3) is 6.01. The number of nitrogens with two attached hydrogens (primary N) is 1. The smallest absolute Gasteiger partial charge is 0.257 e. The Morgan fingerprint density at radius 3 is 2.67 bits per heavy atom. The standard InChI is InChI=1S/C13H21N3O4S/c1-3-20-11-7-4-6-10(14)12(11)13(17)15-8-5-9-16-21(2,18)19/h4,6-7,16H,3,5,8-9,14H2,1-2H3,(H,15,17). The Bertz CT molecular complexity index is 587. The number of benzene rings is 1. The summed E-state index contributed by atoms with van der Waals surface area (Å²) in [6.45, 7) is 2.85. The van der Waals surface area contributed by atoms with Crippen molar-refractivity contribution in [1.29, 1.82) is 0 Å². The van der Waals surface area contributed by atoms with Gasteiger partial charge in [-0.25, -0.2) is 13.1 Å². The van der Waals surface area contributed by atoms with Crippen molar-refractivity contribution in [3.8, 4) is 5.75 Å². The molecule has 0 aliphatic carbocycles. The van der Waals surface area contributed by atoms with Gasteiger partial charge < -0.3 is 15.8 Å². The van der Waals surface area contributed by atoms with Crippen LogP contribution in [0.25, 0.3) is 0 Å². The molecule has 8 heteroatoms. The molecule has 1 aromatic rings. The summed E-state index contributed by atoms with van der Waals surface area (Å²) in [4.78, 5) is 12.1. The first-order valence-corrected chi connectivity index (χ1v) is 8.48. The van der Waals surface area contributed by atoms with Crippen LogP contribution in [-0.2, 0) is 10.0 Å². The molecule has 1 rings (SSSR count). The normalized spacial score (nSPS) is 11.1. The summed E-state index contributed by atoms with van der Waals surface area (Å²) >= 11 is 0. The molecule has 1 aromatic carbocycles. The summed E-state index contributed by atoms with van der Waals surface area (Å²) in [6.07, 6.45) is 1.57. The molecule has 0 unspecified atom stereocenters. The van der Waals surface area contributed by atoms with Crippen LogP contribution in [0.4, 0.5) is 5.69 Å². The number of hydrogen-bond acceptors (Lipinski definition) is 5. The van der Waals surface area contributed by atoms with E-state index in [1.165, 1.54) is 0 Å². The minimum atomic E-state index is -3.20. The van der Waals surface area contributed by atoms with E-state index in [9.17, 15) is 13.2 Å². The average molecular weight is 315 g/mol. The molecule has 0 aromatic heterocycles. The Morgan fingerprint density at radius 1 is 1.33 bits per heavy atom. The van der Waals surface area contributed by atoms with E-state index in [1.807, 2.05) is 6.92 Å². The van der Waals surface area contributed by atoms with Crippen molar-refractivity contribution >= 4 is 21.6 Å². The topological polar surface area (TPSA) is 111 Å². The number of anilines is 1. The number of carbonyl (C=O) groups excluding carboxylic acids is 1. The molecule has 0 atom stereocenters. The lowest BCUT2D eigenvalue weighted by molar-refractivity contribution is 0.0950. The minimum absolute atomic E-state index is 0.266. The van der Waals surface area contributed by atoms with Crippen LogP contribution >= 0.6 is 0 Å². The summed E-state index contributed by atoms with van der Waals surface area (Å²) in [5.41, 5.74) is 6.45. The average Bonchev–Trinajstić information content (AvgIpc) is 2.37. The predicted octanol–water partition coefficient (Wildman–Crippen LogP) is 0.337. The Labute approximate surface area is 124 Å². The highest BCUT2D eigenvalue weighted by Crippen LogP contribution is 2.24. The van der Waals surface area contributed by atoms with Crippen molar-refractivity contribution < 1.29 is 17.9 Å². The second-order valence-electron chi connectivity index (χ2n) is 4.43. The molecular weight excluding hydrogens is 294 g/mol. The molecular formula is C13H21N3O4S. The lowest BCUT2D eigenvalue weighted by atomic mass is 10.1. The third-order valence-electron chi connectivity index (χ3n) is 2.59. The highest BCUT2D eigenvalue weighted by Gasteiger charge is 2.15. The molecule has 0 aliphatic heterocycles. The van der Waals surface area contributed by atoms with Crippen LogP contribution in [0.15, 0.2) is 18.2 Å². The maximum Gasteiger partial charge on any atom is 0.257 e. The lowest BCUT2D eigenvalue weighted by Gasteiger charge is -2.12. The predicted molar refractivity (Wildman–Crippen MR) is 81.8 cm³/mol. The second-order valence-corrected chi connectivity index (χ2v) is 6.26. The zero-order valence-corrected chi connectivity index (χ0v) is 13.0. The molecule has 21 heavy (non-hydrogen) atoms. The maximum atomic E-state index is 12.1. The Kier molecular flexibility index (Phi) is 6.44. The van der Waals surface area contributed by atoms with Gasteiger partial charge in [-0.1, -0.05) is 6.07 Å². The lowest BCUT2D eigenvalue weighted by Crippen LogP contribution is -2.30. The molecule has 7 nitrogen and oxygen atoms in total. The van der Waals surface area contributed by atoms with E-state index in [-0.39, 0.29) is 12.5 Å². The second kappa shape index (κ2) is 7.84. The maximum absolute atomic E-state index is 12.1. The number of carbonyl (C=O) groups is 1. The van der Waals surface area contributed by atoms with Crippen molar-refractivity contribution in [2.45, 2.75) is 13.3 Å². The number of nitrogens with one attached hydrogen (secondary N) is 2. The van der Waals surface area contributed by atoms with Gasteiger partial charge in [-0.05, 0) is 25.5 Å². The van der Waals surface area contributed by atoms with Crippen molar-refractivity contribution in [2.75, 3.05) is 31.7 Å². The first kappa shape index (κ1) is 17.3. The van der Waals surface area contributed by atoms with E-state index in [4.69, 9.17) is 10.5 Å². The van der Waals surface area contributed by atoms with Gasteiger partial charge in [0.15, 0.2) is 0 Å². The van der Waals surface area contributed by atoms with Crippen LogP contribution in [0.3, 0.4) is 0 Å². The summed E-state index contributed by atoms with van der Waals surface area (Å²) in [7, 11) is -3.20. The zero-order chi connectivity index (χ0) is 15.9. The van der Waals surface area contributed by atoms with Gasteiger partial charge in [0.05, 0.1) is 12.9 Å². The number of nitrogen functional groups attached to an aromatic ring is 1. The monoisotopic (exact) mass is 315 g/mol. The third-order valence-corrected chi connectivity index (χ3v) is 3.32. The van der Waals surface area contributed by atoms with Crippen molar-refractivity contribution in [3.05, 3.63) is 23.8 Å². The van der Waals surface area contributed by atoms with Gasteiger partial charge in [0.2, 0.25) is 10.0 Å². The summed E-state index contributed by atoms with van der Waals surface area (Å²) in [5, 5.41) is 2.69. The molecule has 0 bridgehead atoms. The highest BCUT2D eigenvalue weighted by molar-refractivity contribution is 7.88.